The van der Waals surface area contributed by atoms with Crippen LogP contribution in [0, 0.1) is 13.8 Å². The summed E-state index contributed by atoms with van der Waals surface area (Å²) in [5, 5.41) is 1.46. The van der Waals surface area contributed by atoms with Gasteiger partial charge in [0.25, 0.3) is 0 Å². The summed E-state index contributed by atoms with van der Waals surface area (Å²) < 4.78 is 7.64. The number of hydrogen-bond acceptors (Lipinski definition) is 6. The highest BCUT2D eigenvalue weighted by Crippen LogP contribution is 2.27. The lowest BCUT2D eigenvalue weighted by Crippen LogP contribution is -2.54. The second-order valence-electron chi connectivity index (χ2n) is 9.12. The summed E-state index contributed by atoms with van der Waals surface area (Å²) in [6, 6.07) is 8.98. The molecule has 7 nitrogen and oxygen atoms in total. The Bertz CT molecular complexity index is 1370. The number of hydrogen-bond donors (Lipinski definition) is 0. The van der Waals surface area contributed by atoms with E-state index in [1.807, 2.05) is 48.8 Å². The van der Waals surface area contributed by atoms with Gasteiger partial charge in [0, 0.05) is 49.8 Å². The van der Waals surface area contributed by atoms with Crippen LogP contribution in [-0.4, -0.2) is 51.0 Å². The number of piperazine rings is 1. The fourth-order valence-electron chi connectivity index (χ4n) is 4.89. The number of aryl methyl sites for hydroxylation is 2. The van der Waals surface area contributed by atoms with Crippen molar-refractivity contribution >= 4 is 22.1 Å². The second-order valence-corrected chi connectivity index (χ2v) is 9.12. The third-order valence-corrected chi connectivity index (χ3v) is 6.43. The van der Waals surface area contributed by atoms with Crippen LogP contribution in [0.3, 0.4) is 0 Å². The first kappa shape index (κ1) is 20.7. The van der Waals surface area contributed by atoms with Crippen LogP contribution in [0.25, 0.3) is 27.9 Å². The summed E-state index contributed by atoms with van der Waals surface area (Å²) in [5.74, 6) is 0.468. The largest absolute Gasteiger partial charge is 0.421 e. The molecule has 0 unspecified atom stereocenters. The van der Waals surface area contributed by atoms with E-state index in [0.717, 1.165) is 47.7 Å². The van der Waals surface area contributed by atoms with Gasteiger partial charge < -0.3 is 13.7 Å². The molecular weight excluding hydrogens is 402 g/mol. The van der Waals surface area contributed by atoms with Crippen molar-refractivity contribution in [1.29, 1.82) is 0 Å². The molecule has 0 saturated carbocycles. The lowest BCUT2D eigenvalue weighted by molar-refractivity contribution is 0.148. The van der Waals surface area contributed by atoms with Crippen LogP contribution in [0.2, 0.25) is 0 Å². The number of rotatable bonds is 3. The predicted octanol–water partition coefficient (Wildman–Crippen LogP) is 4.04. The molecule has 5 rings (SSSR count). The zero-order chi connectivity index (χ0) is 22.6. The fourth-order valence-corrected chi connectivity index (χ4v) is 4.89. The van der Waals surface area contributed by atoms with Gasteiger partial charge in [-0.05, 0) is 58.2 Å². The molecular formula is C25H29N5O2. The summed E-state index contributed by atoms with van der Waals surface area (Å²) in [6.45, 7) is 13.5. The first-order valence-electron chi connectivity index (χ1n) is 11.2. The monoisotopic (exact) mass is 431 g/mol. The van der Waals surface area contributed by atoms with E-state index in [0.29, 0.717) is 28.9 Å². The Labute approximate surface area is 187 Å². The van der Waals surface area contributed by atoms with Gasteiger partial charge in [-0.3, -0.25) is 9.88 Å². The maximum absolute atomic E-state index is 12.9. The highest BCUT2D eigenvalue weighted by atomic mass is 16.4. The number of aromatic nitrogens is 3. The van der Waals surface area contributed by atoms with Gasteiger partial charge in [-0.15, -0.1) is 0 Å². The van der Waals surface area contributed by atoms with E-state index < -0.39 is 0 Å². The van der Waals surface area contributed by atoms with Crippen molar-refractivity contribution in [1.82, 2.24) is 19.3 Å². The van der Waals surface area contributed by atoms with Crippen LogP contribution in [-0.2, 0) is 0 Å². The summed E-state index contributed by atoms with van der Waals surface area (Å²) in [7, 11) is 0. The standard InChI is InChI=1S/C25H29N5O2/c1-15(2)30-9-8-28(13-17(30)4)20-7-6-19-10-23(32-25(31)21(19)11-20)22-14-29-12-16(3)26-18(5)24(29)27-22/h6-7,10-12,14-15,17H,8-9,13H2,1-5H3/t17-/m0/s1. The zero-order valence-corrected chi connectivity index (χ0v) is 19.3. The molecule has 1 aliphatic rings. The van der Waals surface area contributed by atoms with Crippen LogP contribution < -0.4 is 10.5 Å². The molecule has 32 heavy (non-hydrogen) atoms. The van der Waals surface area contributed by atoms with E-state index in [4.69, 9.17) is 4.42 Å². The first-order chi connectivity index (χ1) is 15.3. The molecule has 0 N–H and O–H groups in total. The summed E-state index contributed by atoms with van der Waals surface area (Å²) >= 11 is 0. The molecule has 0 spiro atoms. The second kappa shape index (κ2) is 7.74. The Morgan fingerprint density at radius 3 is 2.66 bits per heavy atom. The molecule has 166 valence electrons. The SMILES string of the molecule is Cc1cn2cc(-c3cc4ccc(N5CCN(C(C)C)[C@@H](C)C5)cc4c(=O)o3)nc2c(C)n1. The average Bonchev–Trinajstić information content (AvgIpc) is 3.17. The summed E-state index contributed by atoms with van der Waals surface area (Å²) in [5.41, 5.74) is 3.88. The molecule has 0 aliphatic carbocycles. The van der Waals surface area contributed by atoms with Crippen LogP contribution in [0.5, 0.6) is 0 Å². The van der Waals surface area contributed by atoms with Gasteiger partial charge in [-0.2, -0.15) is 0 Å². The quantitative estimate of drug-likeness (QED) is 0.488. The molecule has 1 fully saturated rings. The normalized spacial score (nSPS) is 17.7. The summed E-state index contributed by atoms with van der Waals surface area (Å²) in [4.78, 5) is 26.9. The van der Waals surface area contributed by atoms with Crippen molar-refractivity contribution in [2.24, 2.45) is 0 Å². The molecule has 4 heterocycles. The van der Waals surface area contributed by atoms with Crippen molar-refractivity contribution in [2.45, 2.75) is 46.7 Å². The number of anilines is 1. The van der Waals surface area contributed by atoms with Crippen LogP contribution in [0.1, 0.15) is 32.2 Å². The fraction of sp³-hybridized carbons (Fsp3) is 0.400. The van der Waals surface area contributed by atoms with Gasteiger partial charge in [0.05, 0.1) is 16.8 Å². The smallest absolute Gasteiger partial charge is 0.344 e. The molecule has 0 amide bonds. The lowest BCUT2D eigenvalue weighted by atomic mass is 10.1. The third-order valence-electron chi connectivity index (χ3n) is 6.43. The van der Waals surface area contributed by atoms with Crippen molar-refractivity contribution in [3.05, 3.63) is 58.5 Å². The molecule has 4 aromatic rings. The van der Waals surface area contributed by atoms with Gasteiger partial charge in [0.1, 0.15) is 5.69 Å². The highest BCUT2D eigenvalue weighted by Gasteiger charge is 2.25. The van der Waals surface area contributed by atoms with Gasteiger partial charge in [-0.1, -0.05) is 6.07 Å². The van der Waals surface area contributed by atoms with Crippen LogP contribution in [0.15, 0.2) is 45.9 Å². The van der Waals surface area contributed by atoms with E-state index >= 15 is 0 Å². The molecule has 0 bridgehead atoms. The number of fused-ring (bicyclic) bond motifs is 2. The Hall–Kier alpha value is -3.19. The Morgan fingerprint density at radius 1 is 1.09 bits per heavy atom. The number of benzene rings is 1. The van der Waals surface area contributed by atoms with Gasteiger partial charge in [0.2, 0.25) is 0 Å². The van der Waals surface area contributed by atoms with Gasteiger partial charge >= 0.3 is 5.63 Å². The Balaban J connectivity index is 1.49. The molecule has 7 heteroatoms. The maximum Gasteiger partial charge on any atom is 0.344 e. The minimum atomic E-state index is -0.337. The minimum absolute atomic E-state index is 0.337. The van der Waals surface area contributed by atoms with Crippen molar-refractivity contribution in [3.63, 3.8) is 0 Å². The molecule has 1 aliphatic heterocycles. The minimum Gasteiger partial charge on any atom is -0.421 e. The van der Waals surface area contributed by atoms with Gasteiger partial charge in [0.15, 0.2) is 11.4 Å². The molecule has 3 aromatic heterocycles. The van der Waals surface area contributed by atoms with Crippen molar-refractivity contribution in [3.8, 4) is 11.5 Å². The van der Waals surface area contributed by atoms with E-state index in [1.165, 1.54) is 0 Å². The van der Waals surface area contributed by atoms with Crippen LogP contribution >= 0.6 is 0 Å². The van der Waals surface area contributed by atoms with Crippen molar-refractivity contribution < 1.29 is 4.42 Å². The predicted molar refractivity (Wildman–Crippen MR) is 127 cm³/mol. The van der Waals surface area contributed by atoms with Crippen LogP contribution in [0.4, 0.5) is 5.69 Å². The van der Waals surface area contributed by atoms with Gasteiger partial charge in [-0.25, -0.2) is 9.78 Å². The highest BCUT2D eigenvalue weighted by molar-refractivity contribution is 5.87. The topological polar surface area (TPSA) is 66.9 Å². The third kappa shape index (κ3) is 3.56. The average molecular weight is 432 g/mol. The zero-order valence-electron chi connectivity index (χ0n) is 19.3. The van der Waals surface area contributed by atoms with E-state index in [2.05, 4.69) is 46.6 Å². The molecule has 1 atom stereocenters. The van der Waals surface area contributed by atoms with E-state index in [-0.39, 0.29) is 5.63 Å². The van der Waals surface area contributed by atoms with E-state index in [9.17, 15) is 4.79 Å². The van der Waals surface area contributed by atoms with E-state index in [1.54, 1.807) is 0 Å². The summed E-state index contributed by atoms with van der Waals surface area (Å²) in [6.07, 6.45) is 3.80. The first-order valence-corrected chi connectivity index (χ1v) is 11.2. The maximum atomic E-state index is 12.9. The Morgan fingerprint density at radius 2 is 1.91 bits per heavy atom. The Kier molecular flexibility index (Phi) is 5.01. The molecule has 1 aromatic carbocycles. The lowest BCUT2D eigenvalue weighted by Gasteiger charge is -2.43. The van der Waals surface area contributed by atoms with Crippen molar-refractivity contribution in [2.75, 3.05) is 24.5 Å². The number of imidazole rings is 1. The molecule has 1 saturated heterocycles. The number of nitrogens with zero attached hydrogens (tertiary/aromatic N) is 5. The molecule has 0 radical (unpaired) electrons.